The first-order chi connectivity index (χ1) is 8.49. The summed E-state index contributed by atoms with van der Waals surface area (Å²) in [6.45, 7) is 5.33. The third-order valence-corrected chi connectivity index (χ3v) is 5.00. The van der Waals surface area contributed by atoms with E-state index in [9.17, 15) is 9.90 Å². The number of hydrogen-bond acceptors (Lipinski definition) is 2. The zero-order chi connectivity index (χ0) is 13.2. The Bertz CT molecular complexity index is 289. The lowest BCUT2D eigenvalue weighted by molar-refractivity contribution is -0.127. The fraction of sp³-hybridized carbons (Fsp3) is 0.933. The molecule has 3 nitrogen and oxygen atoms in total. The van der Waals surface area contributed by atoms with Crippen LogP contribution >= 0.6 is 0 Å². The van der Waals surface area contributed by atoms with Gasteiger partial charge in [-0.1, -0.05) is 20.3 Å². The third-order valence-electron chi connectivity index (χ3n) is 5.00. The van der Waals surface area contributed by atoms with E-state index in [4.69, 9.17) is 0 Å². The topological polar surface area (TPSA) is 49.3 Å². The Balaban J connectivity index is 1.74. The first kappa shape index (κ1) is 13.9. The van der Waals surface area contributed by atoms with Crippen molar-refractivity contribution in [1.29, 1.82) is 0 Å². The molecule has 18 heavy (non-hydrogen) atoms. The Kier molecular flexibility index (Phi) is 4.31. The van der Waals surface area contributed by atoms with Crippen LogP contribution in [-0.4, -0.2) is 23.7 Å². The summed E-state index contributed by atoms with van der Waals surface area (Å²) in [5.74, 6) is 1.12. The summed E-state index contributed by atoms with van der Waals surface area (Å²) in [5.41, 5.74) is 0.238. The van der Waals surface area contributed by atoms with Crippen LogP contribution in [0.15, 0.2) is 0 Å². The minimum absolute atomic E-state index is 0.130. The van der Waals surface area contributed by atoms with Crippen LogP contribution in [-0.2, 0) is 4.79 Å². The van der Waals surface area contributed by atoms with Gasteiger partial charge < -0.3 is 10.4 Å². The molecular formula is C15H27NO2. The minimum Gasteiger partial charge on any atom is -0.393 e. The lowest BCUT2D eigenvalue weighted by atomic mass is 9.67. The molecule has 0 spiro atoms. The largest absolute Gasteiger partial charge is 0.393 e. The van der Waals surface area contributed by atoms with Crippen LogP contribution in [0, 0.1) is 17.3 Å². The lowest BCUT2D eigenvalue weighted by Gasteiger charge is -2.40. The zero-order valence-electron chi connectivity index (χ0n) is 11.7. The molecule has 2 aliphatic rings. The summed E-state index contributed by atoms with van der Waals surface area (Å²) in [4.78, 5) is 12.1. The van der Waals surface area contributed by atoms with Crippen LogP contribution < -0.4 is 5.32 Å². The molecule has 0 radical (unpaired) electrons. The molecule has 0 aliphatic heterocycles. The summed E-state index contributed by atoms with van der Waals surface area (Å²) in [6.07, 6.45) is 7.06. The van der Waals surface area contributed by atoms with Gasteiger partial charge >= 0.3 is 0 Å². The molecule has 2 rings (SSSR count). The van der Waals surface area contributed by atoms with Gasteiger partial charge in [0.1, 0.15) is 0 Å². The summed E-state index contributed by atoms with van der Waals surface area (Å²) in [7, 11) is 0. The molecule has 0 aromatic carbocycles. The fourth-order valence-electron chi connectivity index (χ4n) is 3.13. The number of nitrogens with one attached hydrogen (secondary N) is 1. The number of carbonyl (C=O) groups is 1. The molecule has 0 atom stereocenters. The normalized spacial score (nSPS) is 29.7. The van der Waals surface area contributed by atoms with Crippen LogP contribution in [0.3, 0.4) is 0 Å². The van der Waals surface area contributed by atoms with Gasteiger partial charge in [-0.2, -0.15) is 0 Å². The molecule has 0 heterocycles. The van der Waals surface area contributed by atoms with E-state index in [1.165, 1.54) is 19.3 Å². The van der Waals surface area contributed by atoms with E-state index in [0.29, 0.717) is 0 Å². The molecule has 1 amide bonds. The number of carbonyl (C=O) groups excluding carboxylic acids is 1. The second-order valence-electron chi connectivity index (χ2n) is 6.84. The highest BCUT2D eigenvalue weighted by molar-refractivity contribution is 5.78. The molecule has 3 heteroatoms. The van der Waals surface area contributed by atoms with Crippen molar-refractivity contribution in [2.45, 2.75) is 64.9 Å². The predicted molar refractivity (Wildman–Crippen MR) is 72.1 cm³/mol. The van der Waals surface area contributed by atoms with E-state index in [0.717, 1.165) is 38.1 Å². The quantitative estimate of drug-likeness (QED) is 0.808. The third kappa shape index (κ3) is 3.25. The zero-order valence-corrected chi connectivity index (χ0v) is 11.7. The Hall–Kier alpha value is -0.570. The number of hydrogen-bond donors (Lipinski definition) is 2. The molecular weight excluding hydrogens is 226 g/mol. The monoisotopic (exact) mass is 253 g/mol. The maximum atomic E-state index is 12.1. The number of rotatable bonds is 4. The summed E-state index contributed by atoms with van der Waals surface area (Å²) in [5, 5.41) is 12.6. The van der Waals surface area contributed by atoms with Gasteiger partial charge in [0.25, 0.3) is 0 Å². The van der Waals surface area contributed by atoms with Crippen LogP contribution in [0.5, 0.6) is 0 Å². The van der Waals surface area contributed by atoms with E-state index in [2.05, 4.69) is 19.2 Å². The minimum atomic E-state index is -0.180. The van der Waals surface area contributed by atoms with Crippen LogP contribution in [0.25, 0.3) is 0 Å². The van der Waals surface area contributed by atoms with Gasteiger partial charge in [0.05, 0.1) is 6.10 Å². The molecule has 0 unspecified atom stereocenters. The van der Waals surface area contributed by atoms with Crippen LogP contribution in [0.2, 0.25) is 0 Å². The molecule has 0 saturated heterocycles. The molecule has 2 N–H and O–H groups in total. The lowest BCUT2D eigenvalue weighted by Crippen LogP contribution is -2.43. The Morgan fingerprint density at radius 3 is 2.28 bits per heavy atom. The van der Waals surface area contributed by atoms with Gasteiger partial charge in [-0.25, -0.2) is 0 Å². The number of aliphatic hydroxyl groups is 1. The molecule has 0 aromatic heterocycles. The van der Waals surface area contributed by atoms with Gasteiger partial charge in [-0.05, 0) is 49.9 Å². The highest BCUT2D eigenvalue weighted by atomic mass is 16.3. The van der Waals surface area contributed by atoms with E-state index in [1.54, 1.807) is 0 Å². The average molecular weight is 253 g/mol. The maximum absolute atomic E-state index is 12.1. The Morgan fingerprint density at radius 2 is 1.78 bits per heavy atom. The van der Waals surface area contributed by atoms with Crippen molar-refractivity contribution < 1.29 is 9.90 Å². The SMILES string of the molecule is CC(C)(CNC(=O)C1CCC(O)CC1)C1CCC1. The van der Waals surface area contributed by atoms with Crippen molar-refractivity contribution in [1.82, 2.24) is 5.32 Å². The molecule has 2 saturated carbocycles. The smallest absolute Gasteiger partial charge is 0.223 e. The second kappa shape index (κ2) is 5.60. The van der Waals surface area contributed by atoms with Crippen molar-refractivity contribution in [3.05, 3.63) is 0 Å². The summed E-state index contributed by atoms with van der Waals surface area (Å²) < 4.78 is 0. The number of amides is 1. The number of aliphatic hydroxyl groups excluding tert-OH is 1. The highest BCUT2D eigenvalue weighted by Gasteiger charge is 2.34. The van der Waals surface area contributed by atoms with Crippen molar-refractivity contribution in [3.8, 4) is 0 Å². The molecule has 104 valence electrons. The van der Waals surface area contributed by atoms with E-state index < -0.39 is 0 Å². The molecule has 0 bridgehead atoms. The molecule has 2 fully saturated rings. The fourth-order valence-corrected chi connectivity index (χ4v) is 3.13. The van der Waals surface area contributed by atoms with Gasteiger partial charge in [-0.3, -0.25) is 4.79 Å². The molecule has 2 aliphatic carbocycles. The molecule has 0 aromatic rings. The van der Waals surface area contributed by atoms with Gasteiger partial charge in [0, 0.05) is 12.5 Å². The maximum Gasteiger partial charge on any atom is 0.223 e. The second-order valence-corrected chi connectivity index (χ2v) is 6.84. The first-order valence-electron chi connectivity index (χ1n) is 7.45. The van der Waals surface area contributed by atoms with E-state index in [1.807, 2.05) is 0 Å². The van der Waals surface area contributed by atoms with Crippen molar-refractivity contribution in [2.24, 2.45) is 17.3 Å². The predicted octanol–water partition coefficient (Wildman–Crippen LogP) is 2.48. The highest BCUT2D eigenvalue weighted by Crippen LogP contribution is 2.41. The van der Waals surface area contributed by atoms with E-state index in [-0.39, 0.29) is 23.3 Å². The van der Waals surface area contributed by atoms with Crippen molar-refractivity contribution in [2.75, 3.05) is 6.54 Å². The van der Waals surface area contributed by atoms with Gasteiger partial charge in [0.2, 0.25) is 5.91 Å². The summed E-state index contributed by atoms with van der Waals surface area (Å²) >= 11 is 0. The van der Waals surface area contributed by atoms with Crippen molar-refractivity contribution >= 4 is 5.91 Å². The summed E-state index contributed by atoms with van der Waals surface area (Å²) in [6, 6.07) is 0. The standard InChI is InChI=1S/C15H27NO2/c1-15(2,12-4-3-5-12)10-16-14(18)11-6-8-13(17)9-7-11/h11-13,17H,3-10H2,1-2H3,(H,16,18). The van der Waals surface area contributed by atoms with Gasteiger partial charge in [-0.15, -0.1) is 0 Å². The van der Waals surface area contributed by atoms with Gasteiger partial charge in [0.15, 0.2) is 0 Å². The van der Waals surface area contributed by atoms with E-state index >= 15 is 0 Å². The Labute approximate surface area is 110 Å². The first-order valence-corrected chi connectivity index (χ1v) is 7.45. The Morgan fingerprint density at radius 1 is 1.17 bits per heavy atom. The van der Waals surface area contributed by atoms with Crippen LogP contribution in [0.4, 0.5) is 0 Å². The van der Waals surface area contributed by atoms with Crippen molar-refractivity contribution in [3.63, 3.8) is 0 Å². The van der Waals surface area contributed by atoms with Crippen LogP contribution in [0.1, 0.15) is 58.8 Å². The average Bonchev–Trinajstić information content (AvgIpc) is 2.24.